The number of aliphatic hydroxyl groups is 2. The van der Waals surface area contributed by atoms with Crippen molar-refractivity contribution in [1.29, 1.82) is 0 Å². The molecule has 0 aliphatic heterocycles. The van der Waals surface area contributed by atoms with Crippen molar-refractivity contribution in [2.45, 2.75) is 10.0 Å². The summed E-state index contributed by atoms with van der Waals surface area (Å²) in [6, 6.07) is 15.0. The lowest BCUT2D eigenvalue weighted by molar-refractivity contribution is -0.0817. The molecule has 0 fully saturated rings. The van der Waals surface area contributed by atoms with Gasteiger partial charge in [-0.25, -0.2) is 4.79 Å². The minimum atomic E-state index is -2.12. The summed E-state index contributed by atoms with van der Waals surface area (Å²) in [4.78, 5) is 12.1. The van der Waals surface area contributed by atoms with Crippen molar-refractivity contribution in [3.63, 3.8) is 0 Å². The Kier molecular flexibility index (Phi) is 4.44. The summed E-state index contributed by atoms with van der Waals surface area (Å²) < 4.78 is 4.68. The fraction of sp³-hybridized carbons (Fsp3) is 0.133. The second-order valence-electron chi connectivity index (χ2n) is 4.06. The maximum atomic E-state index is 11.7. The molecule has 2 N–H and O–H groups in total. The highest BCUT2D eigenvalue weighted by Gasteiger charge is 2.29. The second kappa shape index (κ2) is 6.09. The minimum absolute atomic E-state index is 0.295. The fourth-order valence-corrected chi connectivity index (χ4v) is 2.67. The predicted molar refractivity (Wildman–Crippen MR) is 76.2 cm³/mol. The highest BCUT2D eigenvalue weighted by molar-refractivity contribution is 8.00. The lowest BCUT2D eigenvalue weighted by Crippen LogP contribution is -2.20. The summed E-state index contributed by atoms with van der Waals surface area (Å²) in [5, 5.41) is 18.2. The number of hydrogen-bond acceptors (Lipinski definition) is 5. The van der Waals surface area contributed by atoms with E-state index in [0.29, 0.717) is 16.0 Å². The largest absolute Gasteiger partial charge is 0.465 e. The van der Waals surface area contributed by atoms with Gasteiger partial charge in [-0.05, 0) is 12.1 Å². The first-order valence-electron chi connectivity index (χ1n) is 5.91. The first-order chi connectivity index (χ1) is 9.54. The number of thioether (sulfide) groups is 1. The van der Waals surface area contributed by atoms with Crippen LogP contribution in [0.15, 0.2) is 59.5 Å². The number of carbonyl (C=O) groups excluding carboxylic acids is 1. The SMILES string of the molecule is COC(=O)c1ccccc1SC(O)(O)c1ccccc1. The zero-order valence-electron chi connectivity index (χ0n) is 10.8. The second-order valence-corrected chi connectivity index (χ2v) is 5.28. The van der Waals surface area contributed by atoms with Crippen LogP contribution >= 0.6 is 11.8 Å². The molecule has 0 spiro atoms. The quantitative estimate of drug-likeness (QED) is 0.514. The van der Waals surface area contributed by atoms with Gasteiger partial charge in [-0.2, -0.15) is 0 Å². The van der Waals surface area contributed by atoms with Crippen LogP contribution in [0.5, 0.6) is 0 Å². The Bertz CT molecular complexity index is 596. The number of rotatable bonds is 4. The fourth-order valence-electron chi connectivity index (χ4n) is 1.70. The van der Waals surface area contributed by atoms with Crippen molar-refractivity contribution in [2.75, 3.05) is 7.11 Å². The van der Waals surface area contributed by atoms with Crippen LogP contribution in [0, 0.1) is 0 Å². The maximum Gasteiger partial charge on any atom is 0.338 e. The molecule has 0 aromatic heterocycles. The molecule has 20 heavy (non-hydrogen) atoms. The van der Waals surface area contributed by atoms with E-state index in [1.54, 1.807) is 54.6 Å². The van der Waals surface area contributed by atoms with Crippen molar-refractivity contribution in [2.24, 2.45) is 0 Å². The Labute approximate surface area is 121 Å². The van der Waals surface area contributed by atoms with Crippen molar-refractivity contribution in [1.82, 2.24) is 0 Å². The molecule has 2 aromatic rings. The zero-order chi connectivity index (χ0) is 14.6. The molecule has 0 aliphatic carbocycles. The Hall–Kier alpha value is -1.82. The number of benzene rings is 2. The summed E-state index contributed by atoms with van der Waals surface area (Å²) in [7, 11) is 1.28. The topological polar surface area (TPSA) is 66.8 Å². The lowest BCUT2D eigenvalue weighted by Gasteiger charge is -2.22. The Morgan fingerprint density at radius 1 is 1.05 bits per heavy atom. The van der Waals surface area contributed by atoms with Crippen LogP contribution in [-0.2, 0) is 9.86 Å². The van der Waals surface area contributed by atoms with E-state index >= 15 is 0 Å². The van der Waals surface area contributed by atoms with E-state index in [9.17, 15) is 15.0 Å². The Morgan fingerprint density at radius 2 is 1.65 bits per heavy atom. The third-order valence-electron chi connectivity index (χ3n) is 2.69. The number of ether oxygens (including phenoxy) is 1. The summed E-state index contributed by atoms with van der Waals surface area (Å²) >= 11 is 0.780. The molecule has 2 aromatic carbocycles. The highest BCUT2D eigenvalue weighted by Crippen LogP contribution is 2.38. The Morgan fingerprint density at radius 3 is 2.30 bits per heavy atom. The van der Waals surface area contributed by atoms with Crippen LogP contribution in [0.2, 0.25) is 0 Å². The van der Waals surface area contributed by atoms with E-state index in [1.807, 2.05) is 0 Å². The van der Waals surface area contributed by atoms with Crippen molar-refractivity contribution >= 4 is 17.7 Å². The molecule has 0 radical (unpaired) electrons. The van der Waals surface area contributed by atoms with E-state index in [-0.39, 0.29) is 0 Å². The van der Waals surface area contributed by atoms with Crippen molar-refractivity contribution in [3.05, 3.63) is 65.7 Å². The van der Waals surface area contributed by atoms with E-state index in [2.05, 4.69) is 4.74 Å². The average Bonchev–Trinajstić information content (AvgIpc) is 2.47. The van der Waals surface area contributed by atoms with Gasteiger partial charge in [-0.15, -0.1) is 0 Å². The van der Waals surface area contributed by atoms with Crippen LogP contribution in [0.4, 0.5) is 0 Å². The van der Waals surface area contributed by atoms with Gasteiger partial charge in [0.2, 0.25) is 5.12 Å². The van der Waals surface area contributed by atoms with Gasteiger partial charge in [0, 0.05) is 10.5 Å². The third kappa shape index (κ3) is 3.19. The molecule has 0 atom stereocenters. The molecular weight excluding hydrogens is 276 g/mol. The van der Waals surface area contributed by atoms with E-state index < -0.39 is 11.1 Å². The number of hydrogen-bond donors (Lipinski definition) is 2. The smallest absolute Gasteiger partial charge is 0.338 e. The molecule has 5 heteroatoms. The molecule has 4 nitrogen and oxygen atoms in total. The average molecular weight is 290 g/mol. The monoisotopic (exact) mass is 290 g/mol. The highest BCUT2D eigenvalue weighted by atomic mass is 32.2. The molecule has 2 rings (SSSR count). The first kappa shape index (κ1) is 14.6. The van der Waals surface area contributed by atoms with Crippen LogP contribution in [0.1, 0.15) is 15.9 Å². The van der Waals surface area contributed by atoms with E-state index in [1.165, 1.54) is 7.11 Å². The predicted octanol–water partition coefficient (Wildman–Crippen LogP) is 2.36. The van der Waals surface area contributed by atoms with Gasteiger partial charge < -0.3 is 14.9 Å². The van der Waals surface area contributed by atoms with Gasteiger partial charge in [0.1, 0.15) is 0 Å². The van der Waals surface area contributed by atoms with Gasteiger partial charge in [0.15, 0.2) is 0 Å². The molecule has 0 unspecified atom stereocenters. The summed E-state index contributed by atoms with van der Waals surface area (Å²) in [6.07, 6.45) is 0. The molecule has 0 bridgehead atoms. The van der Waals surface area contributed by atoms with Crippen LogP contribution in [0.25, 0.3) is 0 Å². The molecule has 0 heterocycles. The molecule has 0 saturated carbocycles. The van der Waals surface area contributed by atoms with Gasteiger partial charge in [-0.3, -0.25) is 0 Å². The number of carbonyl (C=O) groups is 1. The third-order valence-corrected chi connectivity index (χ3v) is 3.79. The van der Waals surface area contributed by atoms with Crippen molar-refractivity contribution in [3.8, 4) is 0 Å². The van der Waals surface area contributed by atoms with E-state index in [4.69, 9.17) is 0 Å². The van der Waals surface area contributed by atoms with Crippen LogP contribution in [0.3, 0.4) is 0 Å². The minimum Gasteiger partial charge on any atom is -0.465 e. The molecule has 0 saturated heterocycles. The molecular formula is C15H14O4S. The van der Waals surface area contributed by atoms with E-state index in [0.717, 1.165) is 11.8 Å². The van der Waals surface area contributed by atoms with Crippen molar-refractivity contribution < 1.29 is 19.7 Å². The van der Waals surface area contributed by atoms with Crippen LogP contribution < -0.4 is 0 Å². The normalized spacial score (nSPS) is 11.2. The number of methoxy groups -OCH3 is 1. The van der Waals surface area contributed by atoms with Gasteiger partial charge in [-0.1, -0.05) is 54.2 Å². The molecule has 104 valence electrons. The molecule has 0 aliphatic rings. The number of esters is 1. The zero-order valence-corrected chi connectivity index (χ0v) is 11.6. The lowest BCUT2D eigenvalue weighted by atomic mass is 10.2. The maximum absolute atomic E-state index is 11.7. The summed E-state index contributed by atoms with van der Waals surface area (Å²) in [6.45, 7) is 0. The first-order valence-corrected chi connectivity index (χ1v) is 6.73. The molecule has 0 amide bonds. The Balaban J connectivity index is 2.32. The summed E-state index contributed by atoms with van der Waals surface area (Å²) in [5.74, 6) is -0.517. The standard InChI is InChI=1S/C15H14O4S/c1-19-14(16)12-9-5-6-10-13(12)20-15(17,18)11-7-3-2-4-8-11/h2-10,17-18H,1H3. The van der Waals surface area contributed by atoms with Crippen LogP contribution in [-0.4, -0.2) is 23.3 Å². The van der Waals surface area contributed by atoms with Gasteiger partial charge in [0.25, 0.3) is 0 Å². The van der Waals surface area contributed by atoms with Gasteiger partial charge in [0.05, 0.1) is 12.7 Å². The summed E-state index contributed by atoms with van der Waals surface area (Å²) in [5.41, 5.74) is 0.632. The van der Waals surface area contributed by atoms with Gasteiger partial charge >= 0.3 is 5.97 Å².